The molecule has 0 N–H and O–H groups in total. The van der Waals surface area contributed by atoms with Crippen molar-refractivity contribution < 1.29 is 14.4 Å². The van der Waals surface area contributed by atoms with Crippen LogP contribution in [0.3, 0.4) is 0 Å². The summed E-state index contributed by atoms with van der Waals surface area (Å²) in [6.45, 7) is 0. The summed E-state index contributed by atoms with van der Waals surface area (Å²) in [6.07, 6.45) is 5.31. The second kappa shape index (κ2) is 4.32. The smallest absolute Gasteiger partial charge is 0.267 e. The Labute approximate surface area is 138 Å². The largest absolute Gasteiger partial charge is 0.274 e. The Morgan fingerprint density at radius 2 is 1.48 bits per heavy atom. The third kappa shape index (κ3) is 1.65. The highest BCUT2D eigenvalue weighted by Gasteiger charge is 2.67. The summed E-state index contributed by atoms with van der Waals surface area (Å²) < 4.78 is 0. The van der Waals surface area contributed by atoms with Crippen LogP contribution in [0.2, 0.25) is 5.02 Å². The van der Waals surface area contributed by atoms with Gasteiger partial charge in [-0.25, -0.2) is 4.90 Å². The van der Waals surface area contributed by atoms with Gasteiger partial charge >= 0.3 is 0 Å². The van der Waals surface area contributed by atoms with Crippen molar-refractivity contribution in [1.29, 1.82) is 0 Å². The molecule has 1 aliphatic heterocycles. The van der Waals surface area contributed by atoms with E-state index in [1.54, 1.807) is 24.3 Å². The quantitative estimate of drug-likeness (QED) is 0.588. The lowest BCUT2D eigenvalue weighted by molar-refractivity contribution is -0.136. The van der Waals surface area contributed by atoms with Gasteiger partial charge in [0, 0.05) is 10.6 Å². The second-order valence-corrected chi connectivity index (χ2v) is 7.41. The van der Waals surface area contributed by atoms with Gasteiger partial charge in [-0.1, -0.05) is 23.8 Å². The van der Waals surface area contributed by atoms with Crippen LogP contribution in [0, 0.1) is 35.5 Å². The molecule has 0 unspecified atom stereocenters. The van der Waals surface area contributed by atoms with Crippen LogP contribution >= 0.6 is 11.6 Å². The molecule has 6 atom stereocenters. The third-order valence-corrected chi connectivity index (χ3v) is 6.21. The molecule has 1 aromatic carbocycles. The first kappa shape index (κ1) is 13.5. The monoisotopic (exact) mass is 327 g/mol. The average Bonchev–Trinajstić information content (AvgIpc) is 3.32. The van der Waals surface area contributed by atoms with Crippen LogP contribution in [0.1, 0.15) is 16.8 Å². The van der Waals surface area contributed by atoms with Gasteiger partial charge in [0.25, 0.3) is 5.91 Å². The topological polar surface area (TPSA) is 54.5 Å². The molecule has 5 heteroatoms. The van der Waals surface area contributed by atoms with Gasteiger partial charge in [-0.15, -0.1) is 0 Å². The third-order valence-electron chi connectivity index (χ3n) is 5.96. The molecule has 2 saturated carbocycles. The van der Waals surface area contributed by atoms with Gasteiger partial charge in [0.05, 0.1) is 11.8 Å². The van der Waals surface area contributed by atoms with Gasteiger partial charge in [-0.3, -0.25) is 14.4 Å². The highest BCUT2D eigenvalue weighted by Crippen LogP contribution is 2.65. The minimum absolute atomic E-state index is 0.134. The van der Waals surface area contributed by atoms with Gasteiger partial charge in [0.1, 0.15) is 0 Å². The molecule has 5 aliphatic rings. The number of benzene rings is 1. The van der Waals surface area contributed by atoms with Crippen molar-refractivity contribution in [3.05, 3.63) is 47.0 Å². The van der Waals surface area contributed by atoms with Gasteiger partial charge in [0.2, 0.25) is 11.8 Å². The normalized spacial score (nSPS) is 39.4. The second-order valence-electron chi connectivity index (χ2n) is 6.98. The zero-order valence-corrected chi connectivity index (χ0v) is 12.9. The molecule has 1 aromatic rings. The minimum Gasteiger partial charge on any atom is -0.274 e. The fraction of sp³-hybridized carbons (Fsp3) is 0.389. The van der Waals surface area contributed by atoms with E-state index in [9.17, 15) is 14.4 Å². The van der Waals surface area contributed by atoms with Gasteiger partial charge in [0.15, 0.2) is 0 Å². The predicted molar refractivity (Wildman–Crippen MR) is 82.3 cm³/mol. The van der Waals surface area contributed by atoms with Crippen LogP contribution in [-0.4, -0.2) is 22.6 Å². The molecule has 4 nitrogen and oxygen atoms in total. The summed E-state index contributed by atoms with van der Waals surface area (Å²) in [5.74, 6) is -0.491. The summed E-state index contributed by atoms with van der Waals surface area (Å²) in [4.78, 5) is 39.2. The Hall–Kier alpha value is -1.94. The molecule has 0 aromatic heterocycles. The van der Waals surface area contributed by atoms with Crippen LogP contribution in [0.15, 0.2) is 36.4 Å². The molecule has 3 fully saturated rings. The zero-order valence-electron chi connectivity index (χ0n) is 12.2. The van der Waals surface area contributed by atoms with E-state index in [1.165, 1.54) is 0 Å². The number of carbonyl (C=O) groups is 3. The fourth-order valence-electron chi connectivity index (χ4n) is 4.88. The number of allylic oxidation sites excluding steroid dienone is 2. The van der Waals surface area contributed by atoms with Gasteiger partial charge in [-0.05, 0) is 54.4 Å². The summed E-state index contributed by atoms with van der Waals surface area (Å²) >= 11 is 5.83. The van der Waals surface area contributed by atoms with Gasteiger partial charge in [-0.2, -0.15) is 0 Å². The number of amides is 3. The Morgan fingerprint density at radius 3 is 2.00 bits per heavy atom. The maximum absolute atomic E-state index is 12.8. The minimum atomic E-state index is -0.529. The highest BCUT2D eigenvalue weighted by molar-refractivity contribution is 6.30. The van der Waals surface area contributed by atoms with Crippen molar-refractivity contribution in [1.82, 2.24) is 4.90 Å². The molecule has 116 valence electrons. The Kier molecular flexibility index (Phi) is 2.54. The van der Waals surface area contributed by atoms with Crippen LogP contribution in [0.25, 0.3) is 0 Å². The molecule has 3 amide bonds. The molecule has 6 rings (SSSR count). The van der Waals surface area contributed by atoms with Crippen LogP contribution < -0.4 is 0 Å². The molecule has 2 bridgehead atoms. The lowest BCUT2D eigenvalue weighted by atomic mass is 9.63. The average molecular weight is 328 g/mol. The number of rotatable bonds is 1. The van der Waals surface area contributed by atoms with Crippen LogP contribution in [-0.2, 0) is 9.59 Å². The lowest BCUT2D eigenvalue weighted by Crippen LogP contribution is -2.40. The Morgan fingerprint density at radius 1 is 0.957 bits per heavy atom. The van der Waals surface area contributed by atoms with Crippen molar-refractivity contribution in [2.24, 2.45) is 35.5 Å². The fourth-order valence-corrected chi connectivity index (χ4v) is 5.00. The van der Waals surface area contributed by atoms with Crippen molar-refractivity contribution in [3.8, 4) is 0 Å². The Balaban J connectivity index is 1.52. The summed E-state index contributed by atoms with van der Waals surface area (Å²) in [5.41, 5.74) is 0.320. The van der Waals surface area contributed by atoms with E-state index in [2.05, 4.69) is 12.2 Å². The van der Waals surface area contributed by atoms with E-state index >= 15 is 0 Å². The molecular formula is C18H14ClNO3. The zero-order chi connectivity index (χ0) is 15.9. The SMILES string of the molecule is O=C(c1ccc(Cl)cc1)N1C(=O)[C@@H]2[C@H]3C=C[C@@H]([C@@H]4C[C@H]34)[C@@H]2C1=O. The summed E-state index contributed by atoms with van der Waals surface area (Å²) in [5, 5.41) is 0.511. The first-order valence-corrected chi connectivity index (χ1v) is 8.32. The van der Waals surface area contributed by atoms with Crippen molar-refractivity contribution >= 4 is 29.3 Å². The number of likely N-dealkylation sites (tertiary alicyclic amines) is 1. The predicted octanol–water partition coefficient (Wildman–Crippen LogP) is 2.53. The standard InChI is InChI=1S/C18H14ClNO3/c19-9-3-1-8(2-4-9)16(21)20-17(22)14-10-5-6-11(13-7-12(10)13)15(14)18(20)23/h1-6,10-15H,7H2/t10-,11-,12-,13+,14-,15+/m0/s1. The van der Waals surface area contributed by atoms with E-state index in [4.69, 9.17) is 11.6 Å². The van der Waals surface area contributed by atoms with E-state index in [0.29, 0.717) is 22.4 Å². The molecular weight excluding hydrogens is 314 g/mol. The number of halogens is 1. The van der Waals surface area contributed by atoms with Crippen molar-refractivity contribution in [2.45, 2.75) is 6.42 Å². The number of hydrogen-bond acceptors (Lipinski definition) is 3. The first-order chi connectivity index (χ1) is 11.1. The lowest BCUT2D eigenvalue weighted by Gasteiger charge is -2.37. The van der Waals surface area contributed by atoms with E-state index in [0.717, 1.165) is 11.3 Å². The Bertz CT molecular complexity index is 748. The molecule has 0 radical (unpaired) electrons. The van der Waals surface area contributed by atoms with Crippen molar-refractivity contribution in [2.75, 3.05) is 0 Å². The number of hydrogen-bond donors (Lipinski definition) is 0. The molecule has 1 heterocycles. The molecule has 23 heavy (non-hydrogen) atoms. The van der Waals surface area contributed by atoms with Crippen molar-refractivity contribution in [3.63, 3.8) is 0 Å². The maximum atomic E-state index is 12.8. The number of nitrogens with zero attached hydrogens (tertiary/aromatic N) is 1. The first-order valence-electron chi connectivity index (χ1n) is 7.94. The molecule has 4 aliphatic carbocycles. The van der Waals surface area contributed by atoms with E-state index in [-0.39, 0.29) is 35.5 Å². The van der Waals surface area contributed by atoms with Gasteiger partial charge < -0.3 is 0 Å². The van der Waals surface area contributed by atoms with Crippen LogP contribution in [0.5, 0.6) is 0 Å². The van der Waals surface area contributed by atoms with E-state index < -0.39 is 5.91 Å². The molecule has 0 spiro atoms. The summed E-state index contributed by atoms with van der Waals surface area (Å²) in [7, 11) is 0. The molecule has 1 saturated heterocycles. The van der Waals surface area contributed by atoms with Crippen LogP contribution in [0.4, 0.5) is 0 Å². The number of imide groups is 3. The number of carbonyl (C=O) groups excluding carboxylic acids is 3. The maximum Gasteiger partial charge on any atom is 0.267 e. The highest BCUT2D eigenvalue weighted by atomic mass is 35.5. The summed E-state index contributed by atoms with van der Waals surface area (Å²) in [6, 6.07) is 6.29. The van der Waals surface area contributed by atoms with E-state index in [1.807, 2.05) is 0 Å².